The van der Waals surface area contributed by atoms with Gasteiger partial charge in [0.1, 0.15) is 5.03 Å². The maximum Gasteiger partial charge on any atom is 0.275 e. The Morgan fingerprint density at radius 3 is 2.77 bits per heavy atom. The number of amides is 1. The van der Waals surface area contributed by atoms with Gasteiger partial charge in [-0.25, -0.2) is 4.98 Å². The first-order chi connectivity index (χ1) is 14.7. The molecule has 0 spiro atoms. The second-order valence-corrected chi connectivity index (χ2v) is 8.14. The van der Waals surface area contributed by atoms with Crippen molar-refractivity contribution >= 4 is 23.5 Å². The standard InChI is InChI=1S/C22H31N5O2S/c1-4-23-19-22(30-15-16-10-7-6-8-11-16)25-18(21(26-19)29-3)20(28)24-14-17-12-9-13-27(17)5-2/h6-8,10-11,17H,4-5,9,12-15H2,1-3H3,(H,23,26)(H,24,28). The zero-order chi connectivity index (χ0) is 21.3. The zero-order valence-electron chi connectivity index (χ0n) is 18.0. The van der Waals surface area contributed by atoms with Crippen LogP contribution in [0.5, 0.6) is 5.88 Å². The number of carbonyl (C=O) groups is 1. The Bertz CT molecular complexity index is 834. The molecule has 30 heavy (non-hydrogen) atoms. The molecule has 1 aliphatic heterocycles. The van der Waals surface area contributed by atoms with E-state index in [0.717, 1.165) is 25.3 Å². The van der Waals surface area contributed by atoms with Gasteiger partial charge in [-0.2, -0.15) is 4.98 Å². The molecule has 0 saturated carbocycles. The van der Waals surface area contributed by atoms with E-state index in [0.29, 0.717) is 30.0 Å². The highest BCUT2D eigenvalue weighted by atomic mass is 32.2. The van der Waals surface area contributed by atoms with Crippen LogP contribution < -0.4 is 15.4 Å². The summed E-state index contributed by atoms with van der Waals surface area (Å²) in [5.74, 6) is 1.38. The summed E-state index contributed by atoms with van der Waals surface area (Å²) in [6.07, 6.45) is 2.28. The van der Waals surface area contributed by atoms with E-state index in [1.807, 2.05) is 25.1 Å². The quantitative estimate of drug-likeness (QED) is 0.560. The second kappa shape index (κ2) is 11.2. The van der Waals surface area contributed by atoms with Crippen LogP contribution in [0.4, 0.5) is 5.82 Å². The summed E-state index contributed by atoms with van der Waals surface area (Å²) < 4.78 is 5.39. The molecular weight excluding hydrogens is 398 g/mol. The smallest absolute Gasteiger partial charge is 0.275 e. The molecule has 1 aromatic carbocycles. The summed E-state index contributed by atoms with van der Waals surface area (Å²) in [6.45, 7) is 7.57. The average Bonchev–Trinajstić information content (AvgIpc) is 3.24. The zero-order valence-corrected chi connectivity index (χ0v) is 18.8. The summed E-state index contributed by atoms with van der Waals surface area (Å²) in [5.41, 5.74) is 1.42. The van der Waals surface area contributed by atoms with Crippen LogP contribution in [0.3, 0.4) is 0 Å². The van der Waals surface area contributed by atoms with Crippen LogP contribution in [-0.4, -0.2) is 60.1 Å². The van der Waals surface area contributed by atoms with Crippen molar-refractivity contribution < 1.29 is 9.53 Å². The number of rotatable bonds is 10. The number of methoxy groups -OCH3 is 1. The maximum atomic E-state index is 12.9. The number of likely N-dealkylation sites (N-methyl/N-ethyl adjacent to an activating group) is 1. The van der Waals surface area contributed by atoms with Crippen molar-refractivity contribution in [3.05, 3.63) is 41.6 Å². The van der Waals surface area contributed by atoms with Gasteiger partial charge >= 0.3 is 0 Å². The van der Waals surface area contributed by atoms with E-state index in [4.69, 9.17) is 4.74 Å². The first kappa shape index (κ1) is 22.4. The minimum absolute atomic E-state index is 0.232. The van der Waals surface area contributed by atoms with Crippen LogP contribution in [0.15, 0.2) is 35.4 Å². The molecule has 1 aromatic heterocycles. The minimum atomic E-state index is -0.244. The number of hydrogen-bond donors (Lipinski definition) is 2. The molecule has 0 aliphatic carbocycles. The van der Waals surface area contributed by atoms with E-state index in [1.165, 1.54) is 19.1 Å². The highest BCUT2D eigenvalue weighted by Gasteiger charge is 2.25. The third-order valence-corrected chi connectivity index (χ3v) is 6.24. The topological polar surface area (TPSA) is 79.4 Å². The number of nitrogens with one attached hydrogen (secondary N) is 2. The van der Waals surface area contributed by atoms with Crippen LogP contribution in [0.25, 0.3) is 0 Å². The number of hydrogen-bond acceptors (Lipinski definition) is 7. The summed E-state index contributed by atoms with van der Waals surface area (Å²) in [6, 6.07) is 10.6. The molecule has 2 N–H and O–H groups in total. The lowest BCUT2D eigenvalue weighted by molar-refractivity contribution is 0.0931. The number of thioether (sulfide) groups is 1. The van der Waals surface area contributed by atoms with Gasteiger partial charge in [0.05, 0.1) is 7.11 Å². The Labute approximate surface area is 183 Å². The summed E-state index contributed by atoms with van der Waals surface area (Å²) in [5, 5.41) is 6.97. The number of benzene rings is 1. The molecule has 1 fully saturated rings. The SMILES string of the molecule is CCNc1nc(OC)c(C(=O)NCC2CCCN2CC)nc1SCc1ccccc1. The number of likely N-dealkylation sites (tertiary alicyclic amines) is 1. The molecule has 1 amide bonds. The molecule has 2 aromatic rings. The molecule has 1 saturated heterocycles. The number of nitrogens with zero attached hydrogens (tertiary/aromatic N) is 3. The fourth-order valence-electron chi connectivity index (χ4n) is 3.64. The maximum absolute atomic E-state index is 12.9. The molecule has 3 rings (SSSR count). The van der Waals surface area contributed by atoms with E-state index >= 15 is 0 Å². The van der Waals surface area contributed by atoms with E-state index in [9.17, 15) is 4.79 Å². The first-order valence-electron chi connectivity index (χ1n) is 10.5. The van der Waals surface area contributed by atoms with E-state index in [2.05, 4.69) is 44.6 Å². The molecular formula is C22H31N5O2S. The van der Waals surface area contributed by atoms with Crippen molar-refractivity contribution in [2.45, 2.75) is 43.5 Å². The van der Waals surface area contributed by atoms with Gasteiger partial charge in [-0.05, 0) is 38.4 Å². The van der Waals surface area contributed by atoms with Crippen LogP contribution >= 0.6 is 11.8 Å². The molecule has 0 radical (unpaired) electrons. The van der Waals surface area contributed by atoms with Gasteiger partial charge in [-0.15, -0.1) is 0 Å². The van der Waals surface area contributed by atoms with Crippen LogP contribution in [0, 0.1) is 0 Å². The normalized spacial score (nSPS) is 16.4. The van der Waals surface area contributed by atoms with Crippen LogP contribution in [-0.2, 0) is 5.75 Å². The van der Waals surface area contributed by atoms with E-state index in [-0.39, 0.29) is 17.5 Å². The van der Waals surface area contributed by atoms with Crippen molar-refractivity contribution in [3.8, 4) is 5.88 Å². The molecule has 162 valence electrons. The number of ether oxygens (including phenoxy) is 1. The van der Waals surface area contributed by atoms with E-state index in [1.54, 1.807) is 11.8 Å². The number of carbonyl (C=O) groups excluding carboxylic acids is 1. The Kier molecular flexibility index (Phi) is 8.33. The van der Waals surface area contributed by atoms with Crippen molar-refractivity contribution in [1.82, 2.24) is 20.2 Å². The Hall–Kier alpha value is -2.32. The van der Waals surface area contributed by atoms with Gasteiger partial charge in [-0.3, -0.25) is 9.69 Å². The van der Waals surface area contributed by atoms with Gasteiger partial charge in [0.25, 0.3) is 5.91 Å². The minimum Gasteiger partial charge on any atom is -0.479 e. The fraction of sp³-hybridized carbons (Fsp3) is 0.500. The summed E-state index contributed by atoms with van der Waals surface area (Å²) in [7, 11) is 1.52. The fourth-order valence-corrected chi connectivity index (χ4v) is 4.55. The lowest BCUT2D eigenvalue weighted by Crippen LogP contribution is -2.40. The summed E-state index contributed by atoms with van der Waals surface area (Å²) in [4.78, 5) is 24.5. The van der Waals surface area contributed by atoms with Crippen molar-refractivity contribution in [2.75, 3.05) is 38.6 Å². The number of anilines is 1. The molecule has 2 heterocycles. The highest BCUT2D eigenvalue weighted by molar-refractivity contribution is 7.98. The number of aromatic nitrogens is 2. The lowest BCUT2D eigenvalue weighted by Gasteiger charge is -2.23. The average molecular weight is 430 g/mol. The molecule has 1 atom stereocenters. The Morgan fingerprint density at radius 2 is 2.07 bits per heavy atom. The third kappa shape index (κ3) is 5.64. The van der Waals surface area contributed by atoms with Gasteiger partial charge in [0, 0.05) is 24.9 Å². The van der Waals surface area contributed by atoms with Crippen LogP contribution in [0.1, 0.15) is 42.7 Å². The Morgan fingerprint density at radius 1 is 1.27 bits per heavy atom. The molecule has 7 nitrogen and oxygen atoms in total. The lowest BCUT2D eigenvalue weighted by atomic mass is 10.2. The largest absolute Gasteiger partial charge is 0.479 e. The predicted octanol–water partition coefficient (Wildman–Crippen LogP) is 3.42. The summed E-state index contributed by atoms with van der Waals surface area (Å²) >= 11 is 1.56. The van der Waals surface area contributed by atoms with Gasteiger partial charge < -0.3 is 15.4 Å². The van der Waals surface area contributed by atoms with Gasteiger partial charge in [-0.1, -0.05) is 49.0 Å². The molecule has 1 aliphatic rings. The van der Waals surface area contributed by atoms with Gasteiger partial charge in [0.2, 0.25) is 5.88 Å². The van der Waals surface area contributed by atoms with Gasteiger partial charge in [0.15, 0.2) is 11.5 Å². The predicted molar refractivity (Wildman–Crippen MR) is 121 cm³/mol. The first-order valence-corrected chi connectivity index (χ1v) is 11.5. The Balaban J connectivity index is 1.77. The van der Waals surface area contributed by atoms with Crippen molar-refractivity contribution in [3.63, 3.8) is 0 Å². The van der Waals surface area contributed by atoms with Crippen molar-refractivity contribution in [1.29, 1.82) is 0 Å². The monoisotopic (exact) mass is 429 g/mol. The third-order valence-electron chi connectivity index (χ3n) is 5.21. The van der Waals surface area contributed by atoms with E-state index < -0.39 is 0 Å². The highest BCUT2D eigenvalue weighted by Crippen LogP contribution is 2.30. The molecule has 1 unspecified atom stereocenters. The second-order valence-electron chi connectivity index (χ2n) is 7.17. The van der Waals surface area contributed by atoms with Crippen LogP contribution in [0.2, 0.25) is 0 Å². The molecule has 0 bridgehead atoms. The molecule has 8 heteroatoms. The van der Waals surface area contributed by atoms with Crippen molar-refractivity contribution in [2.24, 2.45) is 0 Å².